The number of aromatic amines is 1. The standard InChI is InChI=1S/C37H30N7O12P/c1-3-53-57(52,54-4-2)55-21-22-9-15-26(16-10-22)56-36(51)27-7-5-6-8-28(27)42-37-43-32-31(34(48)44-37)40-25(20-39-32)19-38-24-13-11-23(12-14-24)33(47)41-29(35(49)50)17-18-30(45)46/h1-2,5-16,20,29,38H,17-19,21H2,(H,41,47)(H,45,46)(H,49,50)(H2,39,42,43,44,48)/t29-/m0/s1. The van der Waals surface area contributed by atoms with E-state index in [0.717, 1.165) is 0 Å². The van der Waals surface area contributed by atoms with Gasteiger partial charge in [0.1, 0.15) is 24.0 Å². The number of terminal acetylenes is 2. The van der Waals surface area contributed by atoms with Crippen LogP contribution in [-0.2, 0) is 40.9 Å². The first-order valence-electron chi connectivity index (χ1n) is 16.4. The van der Waals surface area contributed by atoms with Gasteiger partial charge in [0.15, 0.2) is 11.2 Å². The highest BCUT2D eigenvalue weighted by Gasteiger charge is 2.29. The molecule has 6 N–H and O–H groups in total. The van der Waals surface area contributed by atoms with Crippen LogP contribution in [0.25, 0.3) is 11.2 Å². The number of anilines is 3. The minimum absolute atomic E-state index is 0.0144. The molecule has 0 unspecified atom stereocenters. The molecule has 0 bridgehead atoms. The molecule has 1 amide bonds. The van der Waals surface area contributed by atoms with Crippen LogP contribution in [0.4, 0.5) is 17.3 Å². The Kier molecular flexibility index (Phi) is 13.2. The molecule has 290 valence electrons. The van der Waals surface area contributed by atoms with Crippen molar-refractivity contribution in [2.45, 2.75) is 32.0 Å². The van der Waals surface area contributed by atoms with Crippen molar-refractivity contribution >= 4 is 60.1 Å². The number of fused-ring (bicyclic) bond motifs is 1. The molecule has 3 aromatic carbocycles. The van der Waals surface area contributed by atoms with E-state index in [9.17, 15) is 33.6 Å². The average molecular weight is 796 g/mol. The van der Waals surface area contributed by atoms with Crippen molar-refractivity contribution < 1.29 is 52.3 Å². The molecule has 57 heavy (non-hydrogen) atoms. The molecule has 2 aromatic heterocycles. The van der Waals surface area contributed by atoms with Crippen molar-refractivity contribution in [1.82, 2.24) is 25.3 Å². The van der Waals surface area contributed by atoms with Gasteiger partial charge in [-0.2, -0.15) is 4.98 Å². The van der Waals surface area contributed by atoms with Crippen LogP contribution in [0.2, 0.25) is 0 Å². The maximum Gasteiger partial charge on any atom is 0.605 e. The number of carboxylic acids is 2. The second-order valence-electron chi connectivity index (χ2n) is 11.5. The van der Waals surface area contributed by atoms with Gasteiger partial charge in [0.2, 0.25) is 5.95 Å². The lowest BCUT2D eigenvalue weighted by molar-refractivity contribution is -0.140. The smallest absolute Gasteiger partial charge is 0.481 e. The molecule has 19 nitrogen and oxygen atoms in total. The Morgan fingerprint density at radius 3 is 2.30 bits per heavy atom. The fourth-order valence-corrected chi connectivity index (χ4v) is 5.57. The van der Waals surface area contributed by atoms with Crippen LogP contribution in [0.1, 0.15) is 44.8 Å². The summed E-state index contributed by atoms with van der Waals surface area (Å²) < 4.78 is 31.9. The number of nitrogens with zero attached hydrogens (tertiary/aromatic N) is 3. The Labute approximate surface area is 322 Å². The van der Waals surface area contributed by atoms with Crippen LogP contribution in [0.3, 0.4) is 0 Å². The summed E-state index contributed by atoms with van der Waals surface area (Å²) in [6, 6.07) is 17.0. The van der Waals surface area contributed by atoms with Crippen LogP contribution < -0.4 is 26.2 Å². The van der Waals surface area contributed by atoms with Gasteiger partial charge in [0.25, 0.3) is 11.5 Å². The number of carbonyl (C=O) groups is 4. The van der Waals surface area contributed by atoms with E-state index in [4.69, 9.17) is 27.2 Å². The zero-order chi connectivity index (χ0) is 41.0. The summed E-state index contributed by atoms with van der Waals surface area (Å²) in [6.07, 6.45) is 14.1. The number of ether oxygens (including phenoxy) is 1. The first kappa shape index (κ1) is 40.5. The molecule has 0 aliphatic heterocycles. The first-order valence-corrected chi connectivity index (χ1v) is 17.9. The Morgan fingerprint density at radius 1 is 0.930 bits per heavy atom. The number of benzene rings is 3. The lowest BCUT2D eigenvalue weighted by Gasteiger charge is -2.14. The third-order valence-electron chi connectivity index (χ3n) is 7.59. The lowest BCUT2D eigenvalue weighted by atomic mass is 10.1. The summed E-state index contributed by atoms with van der Waals surface area (Å²) in [5.41, 5.74) is 1.30. The number of carboxylic acid groups (broad SMARTS) is 2. The number of hydrogen-bond donors (Lipinski definition) is 6. The monoisotopic (exact) mass is 795 g/mol. The maximum atomic E-state index is 13.2. The highest BCUT2D eigenvalue weighted by atomic mass is 31.2. The largest absolute Gasteiger partial charge is 0.605 e. The molecule has 5 rings (SSSR count). The van der Waals surface area contributed by atoms with E-state index < -0.39 is 49.7 Å². The second kappa shape index (κ2) is 18.5. The first-order chi connectivity index (χ1) is 27.4. The van der Waals surface area contributed by atoms with Crippen molar-refractivity contribution in [2.75, 3.05) is 10.6 Å². The highest BCUT2D eigenvalue weighted by molar-refractivity contribution is 7.48. The molecular weight excluding hydrogens is 765 g/mol. The van der Waals surface area contributed by atoms with Crippen LogP contribution >= 0.6 is 7.82 Å². The summed E-state index contributed by atoms with van der Waals surface area (Å²) in [5, 5.41) is 26.4. The van der Waals surface area contributed by atoms with Crippen LogP contribution in [0.15, 0.2) is 83.8 Å². The van der Waals surface area contributed by atoms with E-state index in [1.54, 1.807) is 42.5 Å². The van der Waals surface area contributed by atoms with E-state index >= 15 is 0 Å². The van der Waals surface area contributed by atoms with Crippen molar-refractivity contribution in [3.8, 4) is 30.8 Å². The normalized spacial score (nSPS) is 11.3. The zero-order valence-electron chi connectivity index (χ0n) is 29.3. The SMILES string of the molecule is C#COP(=O)(OC#C)OCc1ccc(OC(=O)c2ccccc2Nc2nc3ncc(CNc4ccc(C(=O)N[C@@H](CCC(=O)O)C(=O)O)cc4)nc3c(=O)[nH]2)cc1. The van der Waals surface area contributed by atoms with Gasteiger partial charge in [-0.15, -0.1) is 0 Å². The van der Waals surface area contributed by atoms with Crippen LogP contribution in [0, 0.1) is 25.1 Å². The van der Waals surface area contributed by atoms with Crippen molar-refractivity contribution in [3.63, 3.8) is 0 Å². The molecule has 2 heterocycles. The van der Waals surface area contributed by atoms with Gasteiger partial charge in [0, 0.05) is 17.7 Å². The number of amides is 1. The number of esters is 1. The molecular formula is C37H30N7O12P. The van der Waals surface area contributed by atoms with E-state index in [-0.39, 0.29) is 59.2 Å². The number of para-hydroxylation sites is 1. The van der Waals surface area contributed by atoms with Gasteiger partial charge in [-0.25, -0.2) is 24.1 Å². The number of nitrogens with one attached hydrogen (secondary N) is 4. The molecule has 20 heteroatoms. The Balaban J connectivity index is 1.19. The predicted octanol–water partition coefficient (Wildman–Crippen LogP) is 4.18. The third kappa shape index (κ3) is 11.2. The molecule has 0 saturated heterocycles. The highest BCUT2D eigenvalue weighted by Crippen LogP contribution is 2.49. The molecule has 0 fully saturated rings. The van der Waals surface area contributed by atoms with Crippen LogP contribution in [-0.4, -0.2) is 60.0 Å². The maximum absolute atomic E-state index is 13.2. The predicted molar refractivity (Wildman–Crippen MR) is 201 cm³/mol. The molecule has 1 atom stereocenters. The van der Waals surface area contributed by atoms with E-state index in [1.165, 1.54) is 48.7 Å². The minimum atomic E-state index is -4.17. The van der Waals surface area contributed by atoms with Gasteiger partial charge < -0.3 is 39.9 Å². The number of rotatable bonds is 18. The quantitative estimate of drug-likeness (QED) is 0.0314. The molecule has 0 spiro atoms. The summed E-state index contributed by atoms with van der Waals surface area (Å²) in [5.74, 6) is -3.82. The number of hydrogen-bond acceptors (Lipinski definition) is 15. The van der Waals surface area contributed by atoms with Crippen molar-refractivity contribution in [2.24, 2.45) is 0 Å². The molecule has 5 aromatic rings. The third-order valence-corrected chi connectivity index (χ3v) is 8.69. The van der Waals surface area contributed by atoms with Gasteiger partial charge >= 0.3 is 25.7 Å². The number of H-pyrrole nitrogens is 1. The van der Waals surface area contributed by atoms with Gasteiger partial charge in [0.05, 0.1) is 36.3 Å². The number of phosphoric ester groups is 1. The van der Waals surface area contributed by atoms with Crippen molar-refractivity contribution in [3.05, 3.63) is 112 Å². The summed E-state index contributed by atoms with van der Waals surface area (Å²) >= 11 is 0. The fourth-order valence-electron chi connectivity index (χ4n) is 4.86. The minimum Gasteiger partial charge on any atom is -0.481 e. The molecule has 0 radical (unpaired) electrons. The van der Waals surface area contributed by atoms with Crippen molar-refractivity contribution in [1.29, 1.82) is 0 Å². The summed E-state index contributed by atoms with van der Waals surface area (Å²) in [6.45, 7) is -0.124. The Bertz CT molecular complexity index is 2480. The summed E-state index contributed by atoms with van der Waals surface area (Å²) in [7, 11) is -4.17. The lowest BCUT2D eigenvalue weighted by Crippen LogP contribution is -2.41. The molecule has 0 saturated carbocycles. The topological polar surface area (TPSA) is 270 Å². The molecule has 0 aliphatic carbocycles. The molecule has 0 aliphatic rings. The number of phosphoric acid groups is 1. The fraction of sp³-hybridized carbons (Fsp3) is 0.135. The van der Waals surface area contributed by atoms with Gasteiger partial charge in [-0.1, -0.05) is 37.1 Å². The number of aliphatic carboxylic acids is 2. The average Bonchev–Trinajstić information content (AvgIpc) is 3.19. The van der Waals surface area contributed by atoms with E-state index in [0.29, 0.717) is 16.9 Å². The van der Waals surface area contributed by atoms with E-state index in [1.807, 2.05) is 0 Å². The number of carbonyl (C=O) groups excluding carboxylic acids is 2. The summed E-state index contributed by atoms with van der Waals surface area (Å²) in [4.78, 5) is 76.5. The van der Waals surface area contributed by atoms with Crippen LogP contribution in [0.5, 0.6) is 5.75 Å². The zero-order valence-corrected chi connectivity index (χ0v) is 30.2. The van der Waals surface area contributed by atoms with Gasteiger partial charge in [-0.05, 0) is 60.5 Å². The number of aromatic nitrogens is 4. The second-order valence-corrected chi connectivity index (χ2v) is 13.0. The van der Waals surface area contributed by atoms with E-state index in [2.05, 4.69) is 44.9 Å². The Hall–Kier alpha value is -7.73. The Morgan fingerprint density at radius 2 is 1.63 bits per heavy atom. The van der Waals surface area contributed by atoms with Gasteiger partial charge in [-0.3, -0.25) is 23.9 Å².